The fourth-order valence-electron chi connectivity index (χ4n) is 4.36. The van der Waals surface area contributed by atoms with Gasteiger partial charge in [-0.3, -0.25) is 4.68 Å². The largest absolute Gasteiger partial charge is 0.422 e. The lowest BCUT2D eigenvalue weighted by Crippen LogP contribution is -2.16. The summed E-state index contributed by atoms with van der Waals surface area (Å²) >= 11 is 0. The molecule has 0 atom stereocenters. The number of benzene rings is 1. The van der Waals surface area contributed by atoms with Crippen LogP contribution >= 0.6 is 0 Å². The monoisotopic (exact) mass is 437 g/mol. The third kappa shape index (κ3) is 3.91. The van der Waals surface area contributed by atoms with Crippen LogP contribution in [0.4, 0.5) is 4.39 Å². The summed E-state index contributed by atoms with van der Waals surface area (Å²) in [4.78, 5) is 18.0. The number of carbonyl (C=O) groups excluding carboxylic acids is 1. The zero-order valence-corrected chi connectivity index (χ0v) is 20.1. The summed E-state index contributed by atoms with van der Waals surface area (Å²) in [7, 11) is 0. The van der Waals surface area contributed by atoms with Crippen LogP contribution < -0.4 is 4.74 Å². The van der Waals surface area contributed by atoms with E-state index < -0.39 is 11.8 Å². The van der Waals surface area contributed by atoms with Crippen molar-refractivity contribution in [3.63, 3.8) is 0 Å². The molecule has 0 unspecified atom stereocenters. The highest BCUT2D eigenvalue weighted by molar-refractivity contribution is 5.97. The van der Waals surface area contributed by atoms with Crippen LogP contribution in [0.15, 0.2) is 12.1 Å². The molecule has 1 aliphatic rings. The van der Waals surface area contributed by atoms with Gasteiger partial charge in [-0.1, -0.05) is 34.6 Å². The summed E-state index contributed by atoms with van der Waals surface area (Å²) in [6.07, 6.45) is 2.50. The van der Waals surface area contributed by atoms with Crippen LogP contribution in [-0.4, -0.2) is 20.7 Å². The molecule has 0 radical (unpaired) electrons. The van der Waals surface area contributed by atoms with Gasteiger partial charge < -0.3 is 4.74 Å². The number of nitrogens with zero attached hydrogens (tertiary/aromatic N) is 3. The molecule has 32 heavy (non-hydrogen) atoms. The number of hydrogen-bond acceptors (Lipinski definition) is 4. The number of carbonyl (C=O) groups is 1. The van der Waals surface area contributed by atoms with E-state index in [4.69, 9.17) is 9.84 Å². The number of fused-ring (bicyclic) bond motifs is 2. The third-order valence-corrected chi connectivity index (χ3v) is 6.25. The van der Waals surface area contributed by atoms with Crippen molar-refractivity contribution < 1.29 is 13.9 Å². The Morgan fingerprint density at radius 2 is 1.97 bits per heavy atom. The molecule has 0 fully saturated rings. The lowest BCUT2D eigenvalue weighted by atomic mass is 9.86. The lowest BCUT2D eigenvalue weighted by molar-refractivity contribution is 0.0733. The molecule has 0 spiro atoms. The summed E-state index contributed by atoms with van der Waals surface area (Å²) in [5.74, 6) is -0.0672. The number of esters is 1. The Balaban J connectivity index is 1.86. The second-order valence-corrected chi connectivity index (χ2v) is 10.3. The van der Waals surface area contributed by atoms with Crippen molar-refractivity contribution in [2.24, 2.45) is 5.92 Å². The Morgan fingerprint density at radius 3 is 2.62 bits per heavy atom. The van der Waals surface area contributed by atoms with Gasteiger partial charge in [-0.2, -0.15) is 5.10 Å². The van der Waals surface area contributed by atoms with Gasteiger partial charge in [0.1, 0.15) is 22.6 Å². The molecule has 0 saturated carbocycles. The molecule has 0 aliphatic carbocycles. The summed E-state index contributed by atoms with van der Waals surface area (Å²) in [5.41, 5.74) is 4.49. The average molecular weight is 438 g/mol. The smallest absolute Gasteiger partial charge is 0.347 e. The fraction of sp³-hybridized carbons (Fsp3) is 0.500. The summed E-state index contributed by atoms with van der Waals surface area (Å²) in [5, 5.41) is 5.23. The van der Waals surface area contributed by atoms with Crippen molar-refractivity contribution in [2.45, 2.75) is 79.7 Å². The number of rotatable bonds is 4. The maximum Gasteiger partial charge on any atom is 0.347 e. The van der Waals surface area contributed by atoms with E-state index in [1.807, 2.05) is 45.4 Å². The van der Waals surface area contributed by atoms with Gasteiger partial charge in [0.15, 0.2) is 0 Å². The van der Waals surface area contributed by atoms with Gasteiger partial charge in [-0.05, 0) is 62.1 Å². The third-order valence-electron chi connectivity index (χ3n) is 6.25. The number of pyridine rings is 1. The van der Waals surface area contributed by atoms with Crippen LogP contribution in [-0.2, 0) is 24.8 Å². The van der Waals surface area contributed by atoms with E-state index in [1.54, 1.807) is 0 Å². The van der Waals surface area contributed by atoms with Crippen LogP contribution in [0.25, 0.3) is 10.9 Å². The second-order valence-electron chi connectivity index (χ2n) is 10.3. The normalized spacial score (nSPS) is 13.8. The molecule has 6 heteroatoms. The van der Waals surface area contributed by atoms with Gasteiger partial charge in [0.05, 0.1) is 11.4 Å². The van der Waals surface area contributed by atoms with E-state index in [-0.39, 0.29) is 10.9 Å². The van der Waals surface area contributed by atoms with Gasteiger partial charge in [-0.25, -0.2) is 14.2 Å². The topological polar surface area (TPSA) is 57.0 Å². The Kier molecular flexibility index (Phi) is 5.60. The van der Waals surface area contributed by atoms with Crippen LogP contribution in [0.5, 0.6) is 5.75 Å². The minimum Gasteiger partial charge on any atom is -0.422 e. The first-order valence-electron chi connectivity index (χ1n) is 11.4. The van der Waals surface area contributed by atoms with Crippen molar-refractivity contribution in [3.05, 3.63) is 51.7 Å². The van der Waals surface area contributed by atoms with E-state index in [9.17, 15) is 4.79 Å². The zero-order chi connectivity index (χ0) is 23.4. The molecule has 5 nitrogen and oxygen atoms in total. The van der Waals surface area contributed by atoms with Crippen LogP contribution in [0.1, 0.15) is 79.6 Å². The number of aryl methyl sites for hydroxylation is 2. The maximum absolute atomic E-state index is 15.1. The standard InChI is InChI=1S/C26H32FN3O2/c1-14(2)11-20-22(21-9-8-10-30(21)29-20)25(31)32-24-15(3)16(4)28-23-18(24)12-17(13-19(23)27)26(5,6)7/h12-14H,8-11H2,1-7H3. The molecule has 0 bridgehead atoms. The van der Waals surface area contributed by atoms with Crippen LogP contribution in [0.2, 0.25) is 0 Å². The number of ether oxygens (including phenoxy) is 1. The van der Waals surface area contributed by atoms with Crippen LogP contribution in [0, 0.1) is 25.6 Å². The minimum atomic E-state index is -0.416. The Hall–Kier alpha value is -2.76. The molecule has 1 aromatic carbocycles. The molecule has 3 aromatic rings. The number of aromatic nitrogens is 3. The van der Waals surface area contributed by atoms with E-state index in [0.29, 0.717) is 34.7 Å². The summed E-state index contributed by atoms with van der Waals surface area (Å²) < 4.78 is 23.0. The number of halogens is 1. The summed E-state index contributed by atoms with van der Waals surface area (Å²) in [6, 6.07) is 3.43. The highest BCUT2D eigenvalue weighted by Gasteiger charge is 2.29. The number of hydrogen-bond donors (Lipinski definition) is 0. The fourth-order valence-corrected chi connectivity index (χ4v) is 4.36. The van der Waals surface area contributed by atoms with Crippen molar-refractivity contribution >= 4 is 16.9 Å². The summed E-state index contributed by atoms with van der Waals surface area (Å²) in [6.45, 7) is 14.8. The van der Waals surface area contributed by atoms with E-state index in [2.05, 4.69) is 18.8 Å². The van der Waals surface area contributed by atoms with Crippen molar-refractivity contribution in [3.8, 4) is 5.75 Å². The maximum atomic E-state index is 15.1. The minimum absolute atomic E-state index is 0.228. The highest BCUT2D eigenvalue weighted by atomic mass is 19.1. The highest BCUT2D eigenvalue weighted by Crippen LogP contribution is 2.36. The quantitative estimate of drug-likeness (QED) is 0.481. The predicted octanol–water partition coefficient (Wildman–Crippen LogP) is 5.85. The molecular formula is C26H32FN3O2. The lowest BCUT2D eigenvalue weighted by Gasteiger charge is -2.21. The van der Waals surface area contributed by atoms with Crippen molar-refractivity contribution in [1.82, 2.24) is 14.8 Å². The first kappa shape index (κ1) is 22.4. The van der Waals surface area contributed by atoms with Gasteiger partial charge >= 0.3 is 5.97 Å². The first-order chi connectivity index (χ1) is 15.0. The molecule has 0 saturated heterocycles. The molecule has 3 heterocycles. The molecule has 2 aromatic heterocycles. The SMILES string of the molecule is Cc1nc2c(F)cc(C(C)(C)C)cc2c(OC(=O)c2c(CC(C)C)nn3c2CCC3)c1C. The van der Waals surface area contributed by atoms with Crippen molar-refractivity contribution in [2.75, 3.05) is 0 Å². The Morgan fingerprint density at radius 1 is 1.25 bits per heavy atom. The molecule has 170 valence electrons. The molecule has 0 N–H and O–H groups in total. The molecule has 0 amide bonds. The van der Waals surface area contributed by atoms with E-state index in [1.165, 1.54) is 6.07 Å². The first-order valence-corrected chi connectivity index (χ1v) is 11.4. The predicted molar refractivity (Wildman–Crippen MR) is 124 cm³/mol. The molecule has 1 aliphatic heterocycles. The van der Waals surface area contributed by atoms with Crippen LogP contribution in [0.3, 0.4) is 0 Å². The Labute approximate surface area is 189 Å². The average Bonchev–Trinajstić information content (AvgIpc) is 3.25. The molecule has 4 rings (SSSR count). The Bertz CT molecular complexity index is 1220. The molecular weight excluding hydrogens is 405 g/mol. The second kappa shape index (κ2) is 7.98. The van der Waals surface area contributed by atoms with E-state index in [0.717, 1.165) is 41.9 Å². The van der Waals surface area contributed by atoms with Crippen molar-refractivity contribution in [1.29, 1.82) is 0 Å². The van der Waals surface area contributed by atoms with Gasteiger partial charge in [0.25, 0.3) is 0 Å². The van der Waals surface area contributed by atoms with Gasteiger partial charge in [-0.15, -0.1) is 0 Å². The van der Waals surface area contributed by atoms with Gasteiger partial charge in [0, 0.05) is 23.2 Å². The van der Waals surface area contributed by atoms with E-state index >= 15 is 4.39 Å². The van der Waals surface area contributed by atoms with Gasteiger partial charge in [0.2, 0.25) is 0 Å². The zero-order valence-electron chi connectivity index (χ0n) is 20.1.